The molecule has 0 aliphatic heterocycles. The molecule has 0 heterocycles. The number of hydrogen-bond donors (Lipinski definition) is 0. The highest BCUT2D eigenvalue weighted by molar-refractivity contribution is 8.03. The Bertz CT molecular complexity index is 1030. The second-order valence-electron chi connectivity index (χ2n) is 6.66. The summed E-state index contributed by atoms with van der Waals surface area (Å²) in [7, 11) is 3.05. The number of thioether (sulfide) groups is 1. The van der Waals surface area contributed by atoms with Crippen molar-refractivity contribution in [1.29, 1.82) is 0 Å². The lowest BCUT2D eigenvalue weighted by Gasteiger charge is -2.12. The normalized spacial score (nSPS) is 11.8. The van der Waals surface area contributed by atoms with Crippen molar-refractivity contribution in [2.45, 2.75) is 11.8 Å². The molecule has 0 saturated heterocycles. The second-order valence-corrected chi connectivity index (χ2v) is 7.77. The summed E-state index contributed by atoms with van der Waals surface area (Å²) in [6, 6.07) is 25.7. The van der Waals surface area contributed by atoms with Crippen LogP contribution in [-0.2, 0) is 9.53 Å². The van der Waals surface area contributed by atoms with Gasteiger partial charge in [-0.25, -0.2) is 4.79 Å². The van der Waals surface area contributed by atoms with Gasteiger partial charge in [0.15, 0.2) is 0 Å². The average Bonchev–Trinajstić information content (AvgIpc) is 2.79. The fourth-order valence-corrected chi connectivity index (χ4v) is 3.78. The Morgan fingerprint density at radius 3 is 2.03 bits per heavy atom. The molecule has 3 rings (SSSR count). The maximum absolute atomic E-state index is 12.7. The van der Waals surface area contributed by atoms with Gasteiger partial charge in [-0.2, -0.15) is 0 Å². The Hall–Kier alpha value is -3.24. The third kappa shape index (κ3) is 5.88. The molecule has 0 aliphatic carbocycles. The van der Waals surface area contributed by atoms with E-state index in [4.69, 9.17) is 9.47 Å². The molecule has 0 amide bonds. The molecule has 0 N–H and O–H groups in total. The number of carbonyl (C=O) groups is 1. The molecule has 0 aliphatic rings. The number of rotatable bonds is 7. The van der Waals surface area contributed by atoms with E-state index in [2.05, 4.69) is 31.2 Å². The van der Waals surface area contributed by atoms with Crippen LogP contribution in [0.15, 0.2) is 94.2 Å². The fourth-order valence-electron chi connectivity index (χ4n) is 2.80. The summed E-state index contributed by atoms with van der Waals surface area (Å²) in [4.78, 5) is 14.6. The predicted molar refractivity (Wildman–Crippen MR) is 124 cm³/mol. The Kier molecular flexibility index (Phi) is 7.52. The number of hydrogen-bond acceptors (Lipinski definition) is 4. The largest absolute Gasteiger partial charge is 0.497 e. The van der Waals surface area contributed by atoms with Gasteiger partial charge in [-0.1, -0.05) is 71.9 Å². The Labute approximate surface area is 182 Å². The summed E-state index contributed by atoms with van der Waals surface area (Å²) in [5.41, 5.74) is 3.59. The number of aryl methyl sites for hydroxylation is 1. The van der Waals surface area contributed by atoms with E-state index in [0.29, 0.717) is 5.57 Å². The molecule has 4 heteroatoms. The summed E-state index contributed by atoms with van der Waals surface area (Å²) in [6.07, 6.45) is 3.86. The van der Waals surface area contributed by atoms with Crippen molar-refractivity contribution in [2.24, 2.45) is 0 Å². The van der Waals surface area contributed by atoms with Crippen LogP contribution in [-0.4, -0.2) is 20.2 Å². The minimum Gasteiger partial charge on any atom is -0.497 e. The van der Waals surface area contributed by atoms with Crippen LogP contribution in [0.4, 0.5) is 0 Å². The maximum Gasteiger partial charge on any atom is 0.339 e. The van der Waals surface area contributed by atoms with Gasteiger partial charge in [0.1, 0.15) is 5.75 Å². The molecule has 0 radical (unpaired) electrons. The molecular weight excluding hydrogens is 392 g/mol. The van der Waals surface area contributed by atoms with E-state index >= 15 is 0 Å². The van der Waals surface area contributed by atoms with Gasteiger partial charge in [0.2, 0.25) is 0 Å². The van der Waals surface area contributed by atoms with Gasteiger partial charge in [0, 0.05) is 9.80 Å². The molecular formula is C26H24O3S. The number of ether oxygens (including phenoxy) is 2. The lowest BCUT2D eigenvalue weighted by Crippen LogP contribution is -2.06. The van der Waals surface area contributed by atoms with Crippen LogP contribution >= 0.6 is 11.8 Å². The molecule has 3 aromatic carbocycles. The van der Waals surface area contributed by atoms with Crippen molar-refractivity contribution in [3.8, 4) is 5.75 Å². The highest BCUT2D eigenvalue weighted by Crippen LogP contribution is 2.35. The lowest BCUT2D eigenvalue weighted by molar-refractivity contribution is -0.135. The zero-order chi connectivity index (χ0) is 21.3. The van der Waals surface area contributed by atoms with Crippen molar-refractivity contribution in [3.05, 3.63) is 106 Å². The van der Waals surface area contributed by atoms with Crippen molar-refractivity contribution in [3.63, 3.8) is 0 Å². The minimum absolute atomic E-state index is 0.377. The summed E-state index contributed by atoms with van der Waals surface area (Å²) < 4.78 is 10.4. The van der Waals surface area contributed by atoms with Crippen molar-refractivity contribution in [2.75, 3.05) is 14.2 Å². The molecule has 0 unspecified atom stereocenters. The molecule has 0 fully saturated rings. The smallest absolute Gasteiger partial charge is 0.339 e. The SMILES string of the molecule is COC(=O)C(=C/c1ccccc1)/C(=C\c1ccc(OC)cc1)Sc1ccc(C)cc1. The first-order valence-electron chi connectivity index (χ1n) is 9.55. The van der Waals surface area contributed by atoms with E-state index in [1.807, 2.05) is 66.7 Å². The van der Waals surface area contributed by atoms with Gasteiger partial charge >= 0.3 is 5.97 Å². The molecule has 0 bridgehead atoms. The summed E-state index contributed by atoms with van der Waals surface area (Å²) in [5.74, 6) is 0.408. The summed E-state index contributed by atoms with van der Waals surface area (Å²) >= 11 is 1.53. The lowest BCUT2D eigenvalue weighted by atomic mass is 10.1. The number of carbonyl (C=O) groups excluding carboxylic acids is 1. The number of benzene rings is 3. The number of esters is 1. The molecule has 3 nitrogen and oxygen atoms in total. The Morgan fingerprint density at radius 1 is 0.800 bits per heavy atom. The Balaban J connectivity index is 2.08. The fraction of sp³-hybridized carbons (Fsp3) is 0.115. The standard InChI is InChI=1S/C26H24O3S/c1-19-9-15-23(16-10-19)30-25(18-21-11-13-22(28-2)14-12-21)24(26(27)29-3)17-20-7-5-4-6-8-20/h4-18H,1-3H3/b24-17+,25-18+. The van der Waals surface area contributed by atoms with E-state index in [1.165, 1.54) is 24.4 Å². The molecule has 0 spiro atoms. The Morgan fingerprint density at radius 2 is 1.43 bits per heavy atom. The van der Waals surface area contributed by atoms with Gasteiger partial charge in [-0.05, 0) is 54.5 Å². The van der Waals surface area contributed by atoms with Gasteiger partial charge in [0.05, 0.1) is 19.8 Å². The molecule has 3 aromatic rings. The van der Waals surface area contributed by atoms with Crippen LogP contribution < -0.4 is 4.74 Å². The number of methoxy groups -OCH3 is 2. The minimum atomic E-state index is -0.377. The van der Waals surface area contributed by atoms with E-state index in [0.717, 1.165) is 26.7 Å². The van der Waals surface area contributed by atoms with Crippen LogP contribution in [0.1, 0.15) is 16.7 Å². The average molecular weight is 417 g/mol. The molecule has 0 atom stereocenters. The highest BCUT2D eigenvalue weighted by atomic mass is 32.2. The van der Waals surface area contributed by atoms with Crippen molar-refractivity contribution in [1.82, 2.24) is 0 Å². The molecule has 152 valence electrons. The van der Waals surface area contributed by atoms with Crippen LogP contribution in [0.5, 0.6) is 5.75 Å². The summed E-state index contributed by atoms with van der Waals surface area (Å²) in [5, 5.41) is 0. The van der Waals surface area contributed by atoms with Gasteiger partial charge < -0.3 is 9.47 Å². The third-order valence-corrected chi connectivity index (χ3v) is 5.51. The zero-order valence-corrected chi connectivity index (χ0v) is 18.1. The highest BCUT2D eigenvalue weighted by Gasteiger charge is 2.17. The van der Waals surface area contributed by atoms with E-state index < -0.39 is 0 Å². The molecule has 30 heavy (non-hydrogen) atoms. The maximum atomic E-state index is 12.7. The monoisotopic (exact) mass is 416 g/mol. The third-order valence-electron chi connectivity index (χ3n) is 4.44. The van der Waals surface area contributed by atoms with Crippen LogP contribution in [0.25, 0.3) is 12.2 Å². The van der Waals surface area contributed by atoms with Crippen molar-refractivity contribution >= 4 is 29.9 Å². The first kappa shape index (κ1) is 21.5. The van der Waals surface area contributed by atoms with Crippen molar-refractivity contribution < 1.29 is 14.3 Å². The predicted octanol–water partition coefficient (Wildman–Crippen LogP) is 6.39. The van der Waals surface area contributed by atoms with Crippen LogP contribution in [0.2, 0.25) is 0 Å². The van der Waals surface area contributed by atoms with E-state index in [9.17, 15) is 4.79 Å². The second kappa shape index (κ2) is 10.5. The quantitative estimate of drug-likeness (QED) is 0.193. The summed E-state index contributed by atoms with van der Waals surface area (Å²) in [6.45, 7) is 2.05. The van der Waals surface area contributed by atoms with Crippen LogP contribution in [0, 0.1) is 6.92 Å². The van der Waals surface area contributed by atoms with E-state index in [1.54, 1.807) is 7.11 Å². The van der Waals surface area contributed by atoms with Gasteiger partial charge in [-0.15, -0.1) is 0 Å². The van der Waals surface area contributed by atoms with Crippen LogP contribution in [0.3, 0.4) is 0 Å². The first-order valence-corrected chi connectivity index (χ1v) is 10.4. The molecule has 0 saturated carbocycles. The molecule has 0 aromatic heterocycles. The van der Waals surface area contributed by atoms with Gasteiger partial charge in [0.25, 0.3) is 0 Å². The first-order chi connectivity index (χ1) is 14.6. The van der Waals surface area contributed by atoms with Gasteiger partial charge in [-0.3, -0.25) is 0 Å². The van der Waals surface area contributed by atoms with E-state index in [-0.39, 0.29) is 5.97 Å². The topological polar surface area (TPSA) is 35.5 Å². The zero-order valence-electron chi connectivity index (χ0n) is 17.3.